The number of amides is 3. The van der Waals surface area contributed by atoms with E-state index in [1.54, 1.807) is 30.3 Å². The Labute approximate surface area is 267 Å². The van der Waals surface area contributed by atoms with Gasteiger partial charge in [-0.05, 0) is 109 Å². The van der Waals surface area contributed by atoms with E-state index < -0.39 is 6.04 Å². The summed E-state index contributed by atoms with van der Waals surface area (Å²) in [5.41, 5.74) is 11.5. The minimum absolute atomic E-state index is 0.113. The van der Waals surface area contributed by atoms with Crippen molar-refractivity contribution in [1.29, 1.82) is 0 Å². The van der Waals surface area contributed by atoms with Crippen molar-refractivity contribution in [3.8, 4) is 22.5 Å². The van der Waals surface area contributed by atoms with E-state index in [1.807, 2.05) is 43.3 Å². The fourth-order valence-electron chi connectivity index (χ4n) is 5.83. The van der Waals surface area contributed by atoms with Crippen molar-refractivity contribution >= 4 is 23.4 Å². The van der Waals surface area contributed by atoms with Crippen LogP contribution in [0.1, 0.15) is 47.2 Å². The standard InChI is InChI=1S/C34H40N8O4/c1-21-18-27(32(44)36-16-17-43)12-15-29(21)24-6-2-22(3-7-24)19-30(38-33(45)26-8-4-23(20-35)5-9-26)34(46)37-28-13-10-25(11-14-28)31-39-41-42-40-31/h2-3,6-7,10-15,18,23,26,30,43H,4-5,8-9,16-17,19-20,35H2,1H3,(H,36,44)(H,37,46)(H,38,45)(H,39,40,41,42). The Kier molecular flexibility index (Phi) is 10.8. The summed E-state index contributed by atoms with van der Waals surface area (Å²) in [5.74, 6) is 0.0858. The third-order valence-electron chi connectivity index (χ3n) is 8.53. The Morgan fingerprint density at radius 1 is 0.978 bits per heavy atom. The SMILES string of the molecule is Cc1cc(C(=O)NCCO)ccc1-c1ccc(CC(NC(=O)C2CCC(CN)CC2)C(=O)Nc2ccc(-c3nn[nH]n3)cc2)cc1. The highest BCUT2D eigenvalue weighted by Crippen LogP contribution is 2.29. The number of carbonyl (C=O) groups is 3. The quantitative estimate of drug-likeness (QED) is 0.139. The van der Waals surface area contributed by atoms with Gasteiger partial charge in [0.1, 0.15) is 6.04 Å². The molecule has 1 aromatic heterocycles. The molecule has 7 N–H and O–H groups in total. The molecule has 0 bridgehead atoms. The summed E-state index contributed by atoms with van der Waals surface area (Å²) in [7, 11) is 0. The Hall–Kier alpha value is -4.94. The number of nitrogens with one attached hydrogen (secondary N) is 4. The van der Waals surface area contributed by atoms with Crippen LogP contribution in [0.2, 0.25) is 0 Å². The summed E-state index contributed by atoms with van der Waals surface area (Å²) < 4.78 is 0. The van der Waals surface area contributed by atoms with Crippen LogP contribution in [0.15, 0.2) is 66.7 Å². The first-order valence-electron chi connectivity index (χ1n) is 15.6. The zero-order chi connectivity index (χ0) is 32.5. The second-order valence-corrected chi connectivity index (χ2v) is 11.7. The number of anilines is 1. The molecular weight excluding hydrogens is 584 g/mol. The molecule has 3 aromatic carbocycles. The number of carbonyl (C=O) groups excluding carboxylic acids is 3. The van der Waals surface area contributed by atoms with Gasteiger partial charge >= 0.3 is 0 Å². The van der Waals surface area contributed by atoms with Crippen LogP contribution in [0, 0.1) is 18.8 Å². The molecule has 12 nitrogen and oxygen atoms in total. The molecular formula is C34H40N8O4. The molecule has 3 amide bonds. The molecule has 12 heteroatoms. The summed E-state index contributed by atoms with van der Waals surface area (Å²) >= 11 is 0. The molecule has 5 rings (SSSR count). The molecule has 1 aliphatic rings. The van der Waals surface area contributed by atoms with Crippen molar-refractivity contribution in [2.24, 2.45) is 17.6 Å². The zero-order valence-electron chi connectivity index (χ0n) is 25.8. The van der Waals surface area contributed by atoms with Gasteiger partial charge in [0.15, 0.2) is 0 Å². The highest BCUT2D eigenvalue weighted by Gasteiger charge is 2.29. The van der Waals surface area contributed by atoms with Crippen molar-refractivity contribution in [3.05, 3.63) is 83.4 Å². The van der Waals surface area contributed by atoms with E-state index in [2.05, 4.69) is 36.6 Å². The number of H-pyrrole nitrogens is 1. The Bertz CT molecular complexity index is 1620. The summed E-state index contributed by atoms with van der Waals surface area (Å²) in [6.07, 6.45) is 3.64. The van der Waals surface area contributed by atoms with Crippen LogP contribution in [0.3, 0.4) is 0 Å². The first-order chi connectivity index (χ1) is 22.3. The van der Waals surface area contributed by atoms with E-state index in [-0.39, 0.29) is 36.8 Å². The number of nitrogens with two attached hydrogens (primary N) is 1. The van der Waals surface area contributed by atoms with E-state index in [1.165, 1.54) is 0 Å². The van der Waals surface area contributed by atoms with Gasteiger partial charge in [0.25, 0.3) is 5.91 Å². The number of nitrogens with zero attached hydrogens (tertiary/aromatic N) is 3. The van der Waals surface area contributed by atoms with Gasteiger partial charge in [-0.15, -0.1) is 10.2 Å². The van der Waals surface area contributed by atoms with Gasteiger partial charge in [0.2, 0.25) is 17.6 Å². The lowest BCUT2D eigenvalue weighted by atomic mass is 9.81. The maximum atomic E-state index is 13.6. The molecule has 46 heavy (non-hydrogen) atoms. The van der Waals surface area contributed by atoms with E-state index >= 15 is 0 Å². The maximum absolute atomic E-state index is 13.6. The van der Waals surface area contributed by atoms with Gasteiger partial charge < -0.3 is 26.8 Å². The highest BCUT2D eigenvalue weighted by molar-refractivity contribution is 5.98. The number of hydrogen-bond donors (Lipinski definition) is 6. The summed E-state index contributed by atoms with van der Waals surface area (Å²) in [6.45, 7) is 2.65. The van der Waals surface area contributed by atoms with Crippen molar-refractivity contribution in [2.75, 3.05) is 25.0 Å². The molecule has 1 saturated carbocycles. The van der Waals surface area contributed by atoms with Crippen LogP contribution < -0.4 is 21.7 Å². The Balaban J connectivity index is 1.30. The molecule has 1 unspecified atom stereocenters. The number of aromatic nitrogens is 4. The number of tetrazole rings is 1. The lowest BCUT2D eigenvalue weighted by molar-refractivity contribution is -0.130. The zero-order valence-corrected chi connectivity index (χ0v) is 25.8. The fraction of sp³-hybridized carbons (Fsp3) is 0.353. The van der Waals surface area contributed by atoms with E-state index in [0.29, 0.717) is 36.0 Å². The van der Waals surface area contributed by atoms with Gasteiger partial charge in [0, 0.05) is 35.7 Å². The molecule has 0 saturated heterocycles. The topological polar surface area (TPSA) is 188 Å². The second kappa shape index (κ2) is 15.4. The minimum atomic E-state index is -0.791. The van der Waals surface area contributed by atoms with E-state index in [0.717, 1.165) is 53.5 Å². The van der Waals surface area contributed by atoms with Crippen molar-refractivity contribution in [1.82, 2.24) is 31.3 Å². The monoisotopic (exact) mass is 624 g/mol. The fourth-order valence-corrected chi connectivity index (χ4v) is 5.83. The third kappa shape index (κ3) is 8.20. The molecule has 4 aromatic rings. The van der Waals surface area contributed by atoms with E-state index in [9.17, 15) is 14.4 Å². The second-order valence-electron chi connectivity index (χ2n) is 11.7. The van der Waals surface area contributed by atoms with Gasteiger partial charge in [0.05, 0.1) is 6.61 Å². The predicted octanol–water partition coefficient (Wildman–Crippen LogP) is 3.00. The Morgan fingerprint density at radius 2 is 1.70 bits per heavy atom. The number of aromatic amines is 1. The number of aliphatic hydroxyl groups excluding tert-OH is 1. The molecule has 0 radical (unpaired) electrons. The smallest absolute Gasteiger partial charge is 0.251 e. The summed E-state index contributed by atoms with van der Waals surface area (Å²) in [6, 6.07) is 19.6. The average molecular weight is 625 g/mol. The van der Waals surface area contributed by atoms with E-state index in [4.69, 9.17) is 10.8 Å². The number of rotatable bonds is 12. The number of hydrogen-bond acceptors (Lipinski definition) is 8. The van der Waals surface area contributed by atoms with Crippen LogP contribution in [0.25, 0.3) is 22.5 Å². The molecule has 1 fully saturated rings. The molecule has 240 valence electrons. The average Bonchev–Trinajstić information content (AvgIpc) is 3.63. The van der Waals surface area contributed by atoms with Gasteiger partial charge in [-0.1, -0.05) is 30.3 Å². The molecule has 1 heterocycles. The lowest BCUT2D eigenvalue weighted by Gasteiger charge is -2.28. The highest BCUT2D eigenvalue weighted by atomic mass is 16.3. The normalized spacial score (nSPS) is 16.8. The van der Waals surface area contributed by atoms with Crippen molar-refractivity contribution in [2.45, 2.75) is 45.1 Å². The molecule has 1 atom stereocenters. The number of aryl methyl sites for hydroxylation is 1. The van der Waals surface area contributed by atoms with Gasteiger partial charge in [-0.25, -0.2) is 0 Å². The largest absolute Gasteiger partial charge is 0.395 e. The van der Waals surface area contributed by atoms with Crippen molar-refractivity contribution in [3.63, 3.8) is 0 Å². The molecule has 0 aliphatic heterocycles. The van der Waals surface area contributed by atoms with Crippen LogP contribution >= 0.6 is 0 Å². The van der Waals surface area contributed by atoms with Crippen LogP contribution in [-0.2, 0) is 16.0 Å². The lowest BCUT2D eigenvalue weighted by Crippen LogP contribution is -2.48. The Morgan fingerprint density at radius 3 is 2.33 bits per heavy atom. The summed E-state index contributed by atoms with van der Waals surface area (Å²) in [4.78, 5) is 39.2. The summed E-state index contributed by atoms with van der Waals surface area (Å²) in [5, 5.41) is 31.6. The minimum Gasteiger partial charge on any atom is -0.395 e. The third-order valence-corrected chi connectivity index (χ3v) is 8.53. The molecule has 0 spiro atoms. The van der Waals surface area contributed by atoms with Crippen LogP contribution in [0.4, 0.5) is 5.69 Å². The number of aliphatic hydroxyl groups is 1. The van der Waals surface area contributed by atoms with Gasteiger partial charge in [-0.2, -0.15) is 5.21 Å². The maximum Gasteiger partial charge on any atom is 0.251 e. The first-order valence-corrected chi connectivity index (χ1v) is 15.6. The first kappa shape index (κ1) is 32.5. The van der Waals surface area contributed by atoms with Crippen LogP contribution in [-0.4, -0.2) is 69.2 Å². The van der Waals surface area contributed by atoms with Gasteiger partial charge in [-0.3, -0.25) is 14.4 Å². The van der Waals surface area contributed by atoms with Crippen molar-refractivity contribution < 1.29 is 19.5 Å². The predicted molar refractivity (Wildman–Crippen MR) is 174 cm³/mol. The van der Waals surface area contributed by atoms with Crippen LogP contribution in [0.5, 0.6) is 0 Å². The molecule has 1 aliphatic carbocycles. The number of benzene rings is 3.